The van der Waals surface area contributed by atoms with E-state index in [0.717, 1.165) is 11.3 Å². The van der Waals surface area contributed by atoms with E-state index in [4.69, 9.17) is 21.6 Å². The molecule has 0 radical (unpaired) electrons. The first-order chi connectivity index (χ1) is 6.77. The van der Waals surface area contributed by atoms with E-state index in [2.05, 4.69) is 6.07 Å². The van der Waals surface area contributed by atoms with Crippen molar-refractivity contribution in [3.63, 3.8) is 0 Å². The van der Waals surface area contributed by atoms with Crippen LogP contribution in [-0.2, 0) is 6.42 Å². The van der Waals surface area contributed by atoms with Gasteiger partial charge in [0.15, 0.2) is 0 Å². The summed E-state index contributed by atoms with van der Waals surface area (Å²) in [5.41, 5.74) is 1.00. The van der Waals surface area contributed by atoms with Gasteiger partial charge in [-0.1, -0.05) is 11.6 Å². The fourth-order valence-electron chi connectivity index (χ4n) is 1.23. The Labute approximate surface area is 89.1 Å². The first kappa shape index (κ1) is 10.9. The van der Waals surface area contributed by atoms with Gasteiger partial charge in [-0.3, -0.25) is 0 Å². The summed E-state index contributed by atoms with van der Waals surface area (Å²) < 4.78 is 5.42. The van der Waals surface area contributed by atoms with Gasteiger partial charge in [0, 0.05) is 11.4 Å². The molecule has 0 fully saturated rings. The number of ether oxygens (including phenoxy) is 1. The summed E-state index contributed by atoms with van der Waals surface area (Å²) in [5, 5.41) is 9.18. The second-order valence-corrected chi connectivity index (χ2v) is 3.28. The van der Waals surface area contributed by atoms with Crippen LogP contribution in [0.3, 0.4) is 0 Å². The molecule has 74 valence electrons. The highest BCUT2D eigenvalue weighted by Gasteiger charge is 2.03. The average molecular weight is 210 g/mol. The van der Waals surface area contributed by atoms with Crippen molar-refractivity contribution in [3.8, 4) is 11.8 Å². The third-order valence-electron chi connectivity index (χ3n) is 1.83. The first-order valence-electron chi connectivity index (χ1n) is 4.56. The van der Waals surface area contributed by atoms with Crippen molar-refractivity contribution in [2.45, 2.75) is 19.8 Å². The summed E-state index contributed by atoms with van der Waals surface area (Å²) >= 11 is 5.86. The molecule has 0 saturated heterocycles. The van der Waals surface area contributed by atoms with Crippen molar-refractivity contribution in [1.82, 2.24) is 0 Å². The molecule has 0 aliphatic heterocycles. The highest BCUT2D eigenvalue weighted by molar-refractivity contribution is 6.30. The SMILES string of the molecule is CCOc1ccc(Cl)cc1CCC#N. The van der Waals surface area contributed by atoms with Gasteiger partial charge in [-0.25, -0.2) is 0 Å². The zero-order valence-electron chi connectivity index (χ0n) is 8.09. The zero-order valence-corrected chi connectivity index (χ0v) is 8.84. The van der Waals surface area contributed by atoms with Gasteiger partial charge < -0.3 is 4.74 Å². The van der Waals surface area contributed by atoms with Crippen LogP contribution in [0.2, 0.25) is 5.02 Å². The van der Waals surface area contributed by atoms with Crippen LogP contribution < -0.4 is 4.74 Å². The van der Waals surface area contributed by atoms with Gasteiger partial charge in [0.1, 0.15) is 5.75 Å². The quantitative estimate of drug-likeness (QED) is 0.763. The third kappa shape index (κ3) is 2.93. The van der Waals surface area contributed by atoms with E-state index in [1.165, 1.54) is 0 Å². The summed E-state index contributed by atoms with van der Waals surface area (Å²) in [4.78, 5) is 0. The van der Waals surface area contributed by atoms with Gasteiger partial charge in [-0.15, -0.1) is 0 Å². The maximum absolute atomic E-state index is 8.49. The Morgan fingerprint density at radius 3 is 2.93 bits per heavy atom. The van der Waals surface area contributed by atoms with Crippen LogP contribution in [0.25, 0.3) is 0 Å². The van der Waals surface area contributed by atoms with Crippen molar-refractivity contribution >= 4 is 11.6 Å². The number of hydrogen-bond acceptors (Lipinski definition) is 2. The molecule has 1 aromatic carbocycles. The molecule has 14 heavy (non-hydrogen) atoms. The monoisotopic (exact) mass is 209 g/mol. The summed E-state index contributed by atoms with van der Waals surface area (Å²) in [6.45, 7) is 2.56. The Bertz CT molecular complexity index is 344. The minimum absolute atomic E-state index is 0.487. The summed E-state index contributed by atoms with van der Waals surface area (Å²) in [7, 11) is 0. The smallest absolute Gasteiger partial charge is 0.122 e. The lowest BCUT2D eigenvalue weighted by atomic mass is 10.1. The number of hydrogen-bond donors (Lipinski definition) is 0. The fraction of sp³-hybridized carbons (Fsp3) is 0.364. The zero-order chi connectivity index (χ0) is 10.4. The third-order valence-corrected chi connectivity index (χ3v) is 2.06. The number of benzene rings is 1. The van der Waals surface area contributed by atoms with Crippen LogP contribution in [0.1, 0.15) is 18.9 Å². The van der Waals surface area contributed by atoms with E-state index in [1.54, 1.807) is 6.07 Å². The van der Waals surface area contributed by atoms with E-state index in [0.29, 0.717) is 24.5 Å². The van der Waals surface area contributed by atoms with E-state index >= 15 is 0 Å². The highest BCUT2D eigenvalue weighted by atomic mass is 35.5. The molecule has 0 aliphatic carbocycles. The van der Waals surface area contributed by atoms with Gasteiger partial charge in [0.05, 0.1) is 12.7 Å². The Hall–Kier alpha value is -1.20. The summed E-state index contributed by atoms with van der Waals surface area (Å²) in [6.07, 6.45) is 1.17. The second-order valence-electron chi connectivity index (χ2n) is 2.84. The number of halogens is 1. The second kappa shape index (κ2) is 5.51. The van der Waals surface area contributed by atoms with E-state index in [9.17, 15) is 0 Å². The number of aryl methyl sites for hydroxylation is 1. The normalized spacial score (nSPS) is 9.50. The van der Waals surface area contributed by atoms with Crippen molar-refractivity contribution in [3.05, 3.63) is 28.8 Å². The first-order valence-corrected chi connectivity index (χ1v) is 4.94. The van der Waals surface area contributed by atoms with Crippen LogP contribution in [0.5, 0.6) is 5.75 Å². The van der Waals surface area contributed by atoms with Crippen molar-refractivity contribution < 1.29 is 4.74 Å². The van der Waals surface area contributed by atoms with Crippen molar-refractivity contribution in [2.24, 2.45) is 0 Å². The van der Waals surface area contributed by atoms with E-state index < -0.39 is 0 Å². The van der Waals surface area contributed by atoms with Crippen LogP contribution in [-0.4, -0.2) is 6.61 Å². The molecule has 0 heterocycles. The topological polar surface area (TPSA) is 33.0 Å². The van der Waals surface area contributed by atoms with Crippen LogP contribution in [0, 0.1) is 11.3 Å². The lowest BCUT2D eigenvalue weighted by Gasteiger charge is -2.08. The minimum atomic E-state index is 0.487. The Kier molecular flexibility index (Phi) is 4.28. The molecule has 0 aliphatic rings. The molecular formula is C11H12ClNO. The maximum atomic E-state index is 8.49. The summed E-state index contributed by atoms with van der Waals surface area (Å²) in [6, 6.07) is 7.60. The molecule has 0 N–H and O–H groups in total. The molecular weight excluding hydrogens is 198 g/mol. The molecule has 0 unspecified atom stereocenters. The molecule has 0 spiro atoms. The Morgan fingerprint density at radius 2 is 2.29 bits per heavy atom. The molecule has 3 heteroatoms. The van der Waals surface area contributed by atoms with Crippen LogP contribution >= 0.6 is 11.6 Å². The lowest BCUT2D eigenvalue weighted by molar-refractivity contribution is 0.336. The summed E-state index contributed by atoms with van der Waals surface area (Å²) in [5.74, 6) is 0.826. The Balaban J connectivity index is 2.86. The molecule has 0 saturated carbocycles. The maximum Gasteiger partial charge on any atom is 0.122 e. The minimum Gasteiger partial charge on any atom is -0.494 e. The molecule has 1 aromatic rings. The molecule has 0 atom stereocenters. The predicted molar refractivity (Wildman–Crippen MR) is 56.6 cm³/mol. The van der Waals surface area contributed by atoms with E-state index in [-0.39, 0.29) is 0 Å². The van der Waals surface area contributed by atoms with Gasteiger partial charge in [0.2, 0.25) is 0 Å². The number of nitriles is 1. The average Bonchev–Trinajstić information content (AvgIpc) is 2.18. The molecule has 0 amide bonds. The largest absolute Gasteiger partial charge is 0.494 e. The molecule has 2 nitrogen and oxygen atoms in total. The number of nitrogens with zero attached hydrogens (tertiary/aromatic N) is 1. The van der Waals surface area contributed by atoms with Gasteiger partial charge in [-0.05, 0) is 37.1 Å². The van der Waals surface area contributed by atoms with Crippen LogP contribution in [0.4, 0.5) is 0 Å². The van der Waals surface area contributed by atoms with Crippen LogP contribution in [0.15, 0.2) is 18.2 Å². The Morgan fingerprint density at radius 1 is 1.50 bits per heavy atom. The van der Waals surface area contributed by atoms with Gasteiger partial charge >= 0.3 is 0 Å². The standard InChI is InChI=1S/C11H12ClNO/c1-2-14-11-6-5-10(12)8-9(11)4-3-7-13/h5-6,8H,2-4H2,1H3. The van der Waals surface area contributed by atoms with E-state index in [1.807, 2.05) is 19.1 Å². The highest BCUT2D eigenvalue weighted by Crippen LogP contribution is 2.24. The van der Waals surface area contributed by atoms with Crippen molar-refractivity contribution in [2.75, 3.05) is 6.61 Å². The molecule has 0 aromatic heterocycles. The predicted octanol–water partition coefficient (Wildman–Crippen LogP) is 3.19. The van der Waals surface area contributed by atoms with Crippen molar-refractivity contribution in [1.29, 1.82) is 5.26 Å². The van der Waals surface area contributed by atoms with Gasteiger partial charge in [-0.2, -0.15) is 5.26 Å². The fourth-order valence-corrected chi connectivity index (χ4v) is 1.42. The van der Waals surface area contributed by atoms with Gasteiger partial charge in [0.25, 0.3) is 0 Å². The lowest BCUT2D eigenvalue weighted by Crippen LogP contribution is -1.96. The molecule has 0 bridgehead atoms. The number of rotatable bonds is 4. The molecule has 1 rings (SSSR count).